The Morgan fingerprint density at radius 1 is 1.38 bits per heavy atom. The lowest BCUT2D eigenvalue weighted by molar-refractivity contribution is -0.137. The van der Waals surface area contributed by atoms with Crippen molar-refractivity contribution in [1.82, 2.24) is 4.57 Å². The van der Waals surface area contributed by atoms with Crippen LogP contribution >= 0.6 is 35.3 Å². The predicted molar refractivity (Wildman–Crippen MR) is 85.1 cm³/mol. The number of rotatable bonds is 1. The Hall–Kier alpha value is -1.12. The third kappa shape index (κ3) is 3.96. The molecule has 0 spiro atoms. The van der Waals surface area contributed by atoms with Gasteiger partial charge in [0.05, 0.1) is 5.56 Å². The lowest BCUT2D eigenvalue weighted by Crippen LogP contribution is -2.14. The first-order chi connectivity index (χ1) is 9.81. The van der Waals surface area contributed by atoms with Gasteiger partial charge in [-0.2, -0.15) is 13.2 Å². The van der Waals surface area contributed by atoms with Crippen LogP contribution in [0.5, 0.6) is 0 Å². The lowest BCUT2D eigenvalue weighted by Gasteiger charge is -2.09. The smallest absolute Gasteiger partial charge is 0.292 e. The Morgan fingerprint density at radius 2 is 2.10 bits per heavy atom. The first-order valence-corrected chi connectivity index (χ1v) is 8.25. The van der Waals surface area contributed by atoms with Crippen molar-refractivity contribution in [2.45, 2.75) is 13.1 Å². The minimum Gasteiger partial charge on any atom is -0.292 e. The second-order valence-electron chi connectivity index (χ2n) is 4.12. The van der Waals surface area contributed by atoms with E-state index in [9.17, 15) is 13.2 Å². The zero-order valence-corrected chi connectivity index (χ0v) is 13.6. The Labute approximate surface area is 133 Å². The first-order valence-electron chi connectivity index (χ1n) is 5.80. The Bertz CT molecular complexity index is 729. The van der Waals surface area contributed by atoms with Crippen molar-refractivity contribution in [1.29, 1.82) is 0 Å². The highest BCUT2D eigenvalue weighted by atomic mass is 32.2. The van der Waals surface area contributed by atoms with Crippen molar-refractivity contribution in [3.05, 3.63) is 45.7 Å². The number of thiocarbonyl (C=S) groups is 1. The molecular weight excluding hydrogens is 337 g/mol. The number of thiazole rings is 1. The molecule has 0 fully saturated rings. The molecule has 1 heterocycles. The maximum atomic E-state index is 12.8. The summed E-state index contributed by atoms with van der Waals surface area (Å²) in [5.41, 5.74) is -0.272. The first kappa shape index (κ1) is 16.3. The topological polar surface area (TPSA) is 17.3 Å². The van der Waals surface area contributed by atoms with E-state index in [1.165, 1.54) is 29.2 Å². The van der Waals surface area contributed by atoms with Crippen LogP contribution in [0.2, 0.25) is 0 Å². The molecule has 0 unspecified atom stereocenters. The van der Waals surface area contributed by atoms with E-state index in [2.05, 4.69) is 4.99 Å². The lowest BCUT2D eigenvalue weighted by atomic mass is 10.2. The molecule has 112 valence electrons. The summed E-state index contributed by atoms with van der Waals surface area (Å²) >= 11 is 7.75. The van der Waals surface area contributed by atoms with Crippen LogP contribution in [0.3, 0.4) is 0 Å². The molecule has 0 N–H and O–H groups in total. The minimum atomic E-state index is -4.37. The molecule has 8 heteroatoms. The normalized spacial score (nSPS) is 12.7. The highest BCUT2D eigenvalue weighted by molar-refractivity contribution is 8.22. The Morgan fingerprint density at radius 3 is 2.71 bits per heavy atom. The van der Waals surface area contributed by atoms with Crippen molar-refractivity contribution in [2.24, 2.45) is 4.99 Å². The summed E-state index contributed by atoms with van der Waals surface area (Å²) in [6.45, 7) is 1.87. The molecule has 0 aliphatic rings. The van der Waals surface area contributed by atoms with E-state index in [4.69, 9.17) is 12.2 Å². The number of hydrogen-bond donors (Lipinski definition) is 0. The molecule has 2 nitrogen and oxygen atoms in total. The number of nitrogens with zero attached hydrogens (tertiary/aromatic N) is 2. The Balaban J connectivity index is 2.58. The molecule has 0 radical (unpaired) electrons. The van der Waals surface area contributed by atoms with Gasteiger partial charge < -0.3 is 0 Å². The quantitative estimate of drug-likeness (QED) is 0.710. The van der Waals surface area contributed by atoms with Gasteiger partial charge in [0, 0.05) is 16.8 Å². The predicted octanol–water partition coefficient (Wildman–Crippen LogP) is 4.41. The van der Waals surface area contributed by atoms with Crippen molar-refractivity contribution < 1.29 is 13.2 Å². The monoisotopic (exact) mass is 348 g/mol. The van der Waals surface area contributed by atoms with Crippen LogP contribution < -0.4 is 4.80 Å². The van der Waals surface area contributed by atoms with Gasteiger partial charge in [-0.15, -0.1) is 11.3 Å². The van der Waals surface area contributed by atoms with Crippen LogP contribution in [0, 0.1) is 6.92 Å². The van der Waals surface area contributed by atoms with Gasteiger partial charge in [-0.25, -0.2) is 4.99 Å². The summed E-state index contributed by atoms with van der Waals surface area (Å²) in [5.74, 6) is 0. The van der Waals surface area contributed by atoms with Gasteiger partial charge in [-0.05, 0) is 31.4 Å². The van der Waals surface area contributed by atoms with E-state index >= 15 is 0 Å². The number of aryl methyl sites for hydroxylation is 1. The summed E-state index contributed by atoms with van der Waals surface area (Å²) in [6, 6.07) is 5.15. The van der Waals surface area contributed by atoms with Gasteiger partial charge in [0.2, 0.25) is 0 Å². The highest BCUT2D eigenvalue weighted by Gasteiger charge is 2.30. The third-order valence-electron chi connectivity index (χ3n) is 2.58. The second kappa shape index (κ2) is 6.33. The van der Waals surface area contributed by atoms with Crippen LogP contribution in [0.4, 0.5) is 13.2 Å². The number of thioether (sulfide) groups is 1. The molecule has 0 atom stereocenters. The summed E-state index contributed by atoms with van der Waals surface area (Å²) in [7, 11) is 0. The zero-order valence-electron chi connectivity index (χ0n) is 11.1. The maximum absolute atomic E-state index is 12.8. The molecule has 0 amide bonds. The molecule has 1 aromatic carbocycles. The fraction of sp³-hybridized carbons (Fsp3) is 0.231. The van der Waals surface area contributed by atoms with Crippen LogP contribution in [-0.2, 0) is 6.18 Å². The van der Waals surface area contributed by atoms with Gasteiger partial charge in [0.15, 0.2) is 9.12 Å². The van der Waals surface area contributed by atoms with Gasteiger partial charge in [-0.1, -0.05) is 30.0 Å². The second-order valence-corrected chi connectivity index (χ2v) is 6.78. The summed E-state index contributed by atoms with van der Waals surface area (Å²) in [4.78, 5) is 5.76. The maximum Gasteiger partial charge on any atom is 0.416 e. The standard InChI is InChI=1S/C13H11F3N2S3/c1-8-7-18(11(21-8)17-12(19)20-2)10-5-3-4-9(6-10)13(14,15)16/h3-7H,1-2H3/b17-11-. The van der Waals surface area contributed by atoms with Crippen LogP contribution in [0.15, 0.2) is 35.5 Å². The number of halogens is 3. The van der Waals surface area contributed by atoms with Gasteiger partial charge in [0.25, 0.3) is 0 Å². The highest BCUT2D eigenvalue weighted by Crippen LogP contribution is 2.30. The van der Waals surface area contributed by atoms with E-state index in [0.717, 1.165) is 17.0 Å². The van der Waals surface area contributed by atoms with Gasteiger partial charge in [0.1, 0.15) is 0 Å². The molecule has 0 aliphatic heterocycles. The Kier molecular flexibility index (Phi) is 4.90. The number of hydrogen-bond acceptors (Lipinski definition) is 3. The molecule has 1 aromatic heterocycles. The number of aromatic nitrogens is 1. The average molecular weight is 348 g/mol. The number of alkyl halides is 3. The van der Waals surface area contributed by atoms with E-state index in [1.54, 1.807) is 23.1 Å². The van der Waals surface area contributed by atoms with Gasteiger partial charge in [-0.3, -0.25) is 4.57 Å². The van der Waals surface area contributed by atoms with Crippen LogP contribution in [-0.4, -0.2) is 15.1 Å². The number of benzene rings is 1. The van der Waals surface area contributed by atoms with Crippen molar-refractivity contribution in [3.8, 4) is 5.69 Å². The summed E-state index contributed by atoms with van der Waals surface area (Å²) in [5, 5.41) is 0. The van der Waals surface area contributed by atoms with Gasteiger partial charge >= 0.3 is 6.18 Å². The van der Waals surface area contributed by atoms with Crippen LogP contribution in [0.25, 0.3) is 5.69 Å². The summed E-state index contributed by atoms with van der Waals surface area (Å²) in [6.07, 6.45) is -0.809. The van der Waals surface area contributed by atoms with E-state index in [0.29, 0.717) is 14.8 Å². The summed E-state index contributed by atoms with van der Waals surface area (Å²) < 4.78 is 40.5. The van der Waals surface area contributed by atoms with E-state index in [-0.39, 0.29) is 0 Å². The van der Waals surface area contributed by atoms with Crippen molar-refractivity contribution >= 4 is 39.6 Å². The fourth-order valence-electron chi connectivity index (χ4n) is 1.67. The molecule has 21 heavy (non-hydrogen) atoms. The molecule has 2 aromatic rings. The molecule has 2 rings (SSSR count). The van der Waals surface area contributed by atoms with Crippen molar-refractivity contribution in [3.63, 3.8) is 0 Å². The molecule has 0 saturated heterocycles. The third-order valence-corrected chi connectivity index (χ3v) is 4.51. The molecule has 0 aliphatic carbocycles. The van der Waals surface area contributed by atoms with E-state index < -0.39 is 11.7 Å². The largest absolute Gasteiger partial charge is 0.416 e. The fourth-order valence-corrected chi connectivity index (χ4v) is 2.89. The molecule has 0 saturated carbocycles. The SMILES string of the molecule is CSC(=S)/N=c1\sc(C)cn1-c1cccc(C(F)(F)F)c1. The van der Waals surface area contributed by atoms with Crippen molar-refractivity contribution in [2.75, 3.05) is 6.26 Å². The zero-order chi connectivity index (χ0) is 15.6. The van der Waals surface area contributed by atoms with E-state index in [1.807, 2.05) is 6.92 Å². The van der Waals surface area contributed by atoms with Crippen LogP contribution in [0.1, 0.15) is 10.4 Å². The minimum absolute atomic E-state index is 0.414. The average Bonchev–Trinajstić information content (AvgIpc) is 2.78. The molecule has 0 bridgehead atoms. The molecular formula is C13H11F3N2S3.